The van der Waals surface area contributed by atoms with Crippen molar-refractivity contribution >= 4 is 52.2 Å². The van der Waals surface area contributed by atoms with Crippen molar-refractivity contribution in [1.82, 2.24) is 4.90 Å². The van der Waals surface area contributed by atoms with Gasteiger partial charge in [-0.05, 0) is 66.6 Å². The lowest BCUT2D eigenvalue weighted by molar-refractivity contribution is -0.127. The SMILES string of the molecule is COc1cc(/C=C2/SC(=O)N(CC(=O)Nc3ccc(C)c(Cl)c3)C2=O)ccc1C. The minimum Gasteiger partial charge on any atom is -0.496 e. The van der Waals surface area contributed by atoms with E-state index in [-0.39, 0.29) is 11.4 Å². The molecule has 0 aliphatic carbocycles. The fourth-order valence-corrected chi connectivity index (χ4v) is 3.75. The highest BCUT2D eigenvalue weighted by atomic mass is 35.5. The smallest absolute Gasteiger partial charge is 0.294 e. The number of carbonyl (C=O) groups excluding carboxylic acids is 3. The molecular formula is C21H19ClN2O4S. The molecule has 1 N–H and O–H groups in total. The van der Waals surface area contributed by atoms with Gasteiger partial charge in [0.05, 0.1) is 12.0 Å². The predicted molar refractivity (Wildman–Crippen MR) is 115 cm³/mol. The molecule has 0 saturated carbocycles. The number of thioether (sulfide) groups is 1. The molecule has 3 amide bonds. The minimum absolute atomic E-state index is 0.257. The lowest BCUT2D eigenvalue weighted by Crippen LogP contribution is -2.36. The summed E-state index contributed by atoms with van der Waals surface area (Å²) < 4.78 is 5.28. The highest BCUT2D eigenvalue weighted by Gasteiger charge is 2.36. The Balaban J connectivity index is 1.71. The van der Waals surface area contributed by atoms with Crippen molar-refractivity contribution in [2.45, 2.75) is 13.8 Å². The van der Waals surface area contributed by atoms with Crippen molar-refractivity contribution in [3.63, 3.8) is 0 Å². The fraction of sp³-hybridized carbons (Fsp3) is 0.190. The van der Waals surface area contributed by atoms with Crippen molar-refractivity contribution in [3.05, 3.63) is 63.0 Å². The minimum atomic E-state index is -0.503. The van der Waals surface area contributed by atoms with Crippen LogP contribution < -0.4 is 10.1 Å². The van der Waals surface area contributed by atoms with E-state index >= 15 is 0 Å². The van der Waals surface area contributed by atoms with Crippen LogP contribution in [0.25, 0.3) is 6.08 Å². The predicted octanol–water partition coefficient (Wildman–Crippen LogP) is 4.64. The van der Waals surface area contributed by atoms with Crippen LogP contribution in [0.15, 0.2) is 41.3 Å². The Morgan fingerprint density at radius 3 is 2.59 bits per heavy atom. The number of benzene rings is 2. The third-order valence-electron chi connectivity index (χ3n) is 4.36. The summed E-state index contributed by atoms with van der Waals surface area (Å²) in [6.07, 6.45) is 1.62. The summed E-state index contributed by atoms with van der Waals surface area (Å²) in [5.74, 6) is -0.295. The van der Waals surface area contributed by atoms with Crippen LogP contribution in [0, 0.1) is 13.8 Å². The van der Waals surface area contributed by atoms with Gasteiger partial charge in [-0.25, -0.2) is 0 Å². The third kappa shape index (κ3) is 4.81. The van der Waals surface area contributed by atoms with Gasteiger partial charge in [-0.15, -0.1) is 0 Å². The van der Waals surface area contributed by atoms with Gasteiger partial charge in [0.25, 0.3) is 11.1 Å². The van der Waals surface area contributed by atoms with Crippen molar-refractivity contribution in [2.24, 2.45) is 0 Å². The van der Waals surface area contributed by atoms with Gasteiger partial charge in [-0.3, -0.25) is 19.3 Å². The Labute approximate surface area is 177 Å². The Bertz CT molecular complexity index is 1040. The number of hydrogen-bond donors (Lipinski definition) is 1. The van der Waals surface area contributed by atoms with Gasteiger partial charge in [-0.2, -0.15) is 0 Å². The fourth-order valence-electron chi connectivity index (χ4n) is 2.73. The van der Waals surface area contributed by atoms with Crippen LogP contribution >= 0.6 is 23.4 Å². The number of methoxy groups -OCH3 is 1. The number of imide groups is 1. The number of halogens is 1. The molecule has 1 fully saturated rings. The normalized spacial score (nSPS) is 15.2. The van der Waals surface area contributed by atoms with E-state index in [1.165, 1.54) is 0 Å². The molecule has 0 spiro atoms. The van der Waals surface area contributed by atoms with Gasteiger partial charge >= 0.3 is 0 Å². The van der Waals surface area contributed by atoms with E-state index in [4.69, 9.17) is 16.3 Å². The van der Waals surface area contributed by atoms with E-state index in [2.05, 4.69) is 5.32 Å². The number of rotatable bonds is 5. The quantitative estimate of drug-likeness (QED) is 0.699. The highest BCUT2D eigenvalue weighted by Crippen LogP contribution is 2.33. The molecule has 8 heteroatoms. The topological polar surface area (TPSA) is 75.7 Å². The zero-order valence-electron chi connectivity index (χ0n) is 16.1. The average Bonchev–Trinajstić information content (AvgIpc) is 2.93. The number of anilines is 1. The van der Waals surface area contributed by atoms with Crippen molar-refractivity contribution < 1.29 is 19.1 Å². The Kier molecular flexibility index (Phi) is 6.30. The summed E-state index contributed by atoms with van der Waals surface area (Å²) in [7, 11) is 1.57. The summed E-state index contributed by atoms with van der Waals surface area (Å²) in [6, 6.07) is 10.6. The summed E-state index contributed by atoms with van der Waals surface area (Å²) >= 11 is 6.86. The molecule has 2 aromatic carbocycles. The van der Waals surface area contributed by atoms with E-state index < -0.39 is 17.1 Å². The number of aryl methyl sites for hydroxylation is 2. The van der Waals surface area contributed by atoms with Crippen LogP contribution in [0.5, 0.6) is 5.75 Å². The van der Waals surface area contributed by atoms with Gasteiger partial charge in [0.15, 0.2) is 0 Å². The van der Waals surface area contributed by atoms with E-state index in [1.807, 2.05) is 26.0 Å². The second-order valence-electron chi connectivity index (χ2n) is 6.51. The maximum absolute atomic E-state index is 12.6. The van der Waals surface area contributed by atoms with Crippen LogP contribution in [-0.4, -0.2) is 35.6 Å². The van der Waals surface area contributed by atoms with Crippen LogP contribution in [0.4, 0.5) is 10.5 Å². The Morgan fingerprint density at radius 2 is 1.90 bits per heavy atom. The molecule has 150 valence electrons. The lowest BCUT2D eigenvalue weighted by Gasteiger charge is -2.13. The van der Waals surface area contributed by atoms with Gasteiger partial charge in [0.2, 0.25) is 5.91 Å². The molecule has 1 heterocycles. The summed E-state index contributed by atoms with van der Waals surface area (Å²) in [4.78, 5) is 38.3. The zero-order chi connectivity index (χ0) is 21.1. The van der Waals surface area contributed by atoms with Gasteiger partial charge < -0.3 is 10.1 Å². The highest BCUT2D eigenvalue weighted by molar-refractivity contribution is 8.18. The first-order valence-electron chi connectivity index (χ1n) is 8.74. The maximum atomic E-state index is 12.6. The second kappa shape index (κ2) is 8.71. The Hall–Kier alpha value is -2.77. The molecule has 0 unspecified atom stereocenters. The van der Waals surface area contributed by atoms with Crippen LogP contribution in [0.1, 0.15) is 16.7 Å². The van der Waals surface area contributed by atoms with Gasteiger partial charge in [0.1, 0.15) is 12.3 Å². The number of amides is 3. The third-order valence-corrected chi connectivity index (χ3v) is 5.68. The molecule has 0 aromatic heterocycles. The van der Waals surface area contributed by atoms with E-state index in [1.54, 1.807) is 37.5 Å². The molecule has 1 saturated heterocycles. The first kappa shape index (κ1) is 21.0. The molecule has 6 nitrogen and oxygen atoms in total. The zero-order valence-corrected chi connectivity index (χ0v) is 17.7. The molecule has 0 bridgehead atoms. The maximum Gasteiger partial charge on any atom is 0.294 e. The van der Waals surface area contributed by atoms with E-state index in [0.717, 1.165) is 33.4 Å². The van der Waals surface area contributed by atoms with Crippen LogP contribution in [0.3, 0.4) is 0 Å². The molecule has 1 aliphatic heterocycles. The van der Waals surface area contributed by atoms with Gasteiger partial charge in [0, 0.05) is 10.7 Å². The standard InChI is InChI=1S/C21H19ClN2O4S/c1-12-5-7-15(10-16(12)22)23-19(25)11-24-20(26)18(29-21(24)27)9-14-6-4-13(2)17(8-14)28-3/h4-10H,11H2,1-3H3,(H,23,25)/b18-9+. The monoisotopic (exact) mass is 430 g/mol. The molecule has 29 heavy (non-hydrogen) atoms. The first-order valence-corrected chi connectivity index (χ1v) is 9.94. The Morgan fingerprint density at radius 1 is 1.17 bits per heavy atom. The molecular weight excluding hydrogens is 412 g/mol. The summed E-state index contributed by atoms with van der Waals surface area (Å²) in [5.41, 5.74) is 3.08. The van der Waals surface area contributed by atoms with E-state index in [0.29, 0.717) is 16.5 Å². The molecule has 3 rings (SSSR count). The van der Waals surface area contributed by atoms with Gasteiger partial charge in [-0.1, -0.05) is 29.8 Å². The molecule has 0 atom stereocenters. The first-order chi connectivity index (χ1) is 13.8. The molecule has 0 radical (unpaired) electrons. The second-order valence-corrected chi connectivity index (χ2v) is 7.91. The largest absolute Gasteiger partial charge is 0.496 e. The summed E-state index contributed by atoms with van der Waals surface area (Å²) in [5, 5.41) is 2.68. The lowest BCUT2D eigenvalue weighted by atomic mass is 10.1. The molecule has 1 aliphatic rings. The number of nitrogens with one attached hydrogen (secondary N) is 1. The van der Waals surface area contributed by atoms with Crippen LogP contribution in [0.2, 0.25) is 5.02 Å². The van der Waals surface area contributed by atoms with Crippen molar-refractivity contribution in [3.8, 4) is 5.75 Å². The van der Waals surface area contributed by atoms with E-state index in [9.17, 15) is 14.4 Å². The number of hydrogen-bond acceptors (Lipinski definition) is 5. The van der Waals surface area contributed by atoms with Crippen molar-refractivity contribution in [1.29, 1.82) is 0 Å². The number of nitrogens with zero attached hydrogens (tertiary/aromatic N) is 1. The summed E-state index contributed by atoms with van der Waals surface area (Å²) in [6.45, 7) is 3.39. The van der Waals surface area contributed by atoms with Crippen LogP contribution in [-0.2, 0) is 9.59 Å². The van der Waals surface area contributed by atoms with Crippen molar-refractivity contribution in [2.75, 3.05) is 19.0 Å². The average molecular weight is 431 g/mol. The molecule has 2 aromatic rings. The number of carbonyl (C=O) groups is 3. The number of ether oxygens (including phenoxy) is 1.